The highest BCUT2D eigenvalue weighted by atomic mass is 79.9. The molecule has 1 heterocycles. The number of nitrogens with one attached hydrogen (secondary N) is 1. The summed E-state index contributed by atoms with van der Waals surface area (Å²) in [5, 5.41) is 11.1. The van der Waals surface area contributed by atoms with Crippen LogP contribution in [-0.4, -0.2) is 31.1 Å². The van der Waals surface area contributed by atoms with Crippen LogP contribution in [0.1, 0.15) is 24.1 Å². The summed E-state index contributed by atoms with van der Waals surface area (Å²) in [7, 11) is -4.09. The third-order valence-corrected chi connectivity index (χ3v) is 7.96. The molecule has 0 aromatic heterocycles. The van der Waals surface area contributed by atoms with Gasteiger partial charge in [-0.2, -0.15) is 0 Å². The molecule has 2 amide bonds. The topological polar surface area (TPSA) is 121 Å². The van der Waals surface area contributed by atoms with Crippen molar-refractivity contribution in [2.24, 2.45) is 0 Å². The summed E-state index contributed by atoms with van der Waals surface area (Å²) >= 11 is 6.70. The van der Waals surface area contributed by atoms with Gasteiger partial charge in [0.15, 0.2) is 0 Å². The van der Waals surface area contributed by atoms with Gasteiger partial charge >= 0.3 is 0 Å². The molecule has 3 aromatic rings. The number of anilines is 1. The molecule has 1 aliphatic heterocycles. The van der Waals surface area contributed by atoms with Crippen molar-refractivity contribution < 1.29 is 27.9 Å². The van der Waals surface area contributed by atoms with Crippen molar-refractivity contribution in [1.82, 2.24) is 4.72 Å². The molecule has 4 rings (SSSR count). The first-order valence-electron chi connectivity index (χ1n) is 10.5. The van der Waals surface area contributed by atoms with Crippen LogP contribution in [0.25, 0.3) is 5.76 Å². The van der Waals surface area contributed by atoms with Gasteiger partial charge in [-0.15, -0.1) is 0 Å². The zero-order valence-electron chi connectivity index (χ0n) is 18.6. The van der Waals surface area contributed by atoms with E-state index in [1.165, 1.54) is 29.2 Å². The minimum atomic E-state index is -4.09. The number of nitrogens with zero attached hydrogens (tertiary/aromatic N) is 1. The van der Waals surface area contributed by atoms with Crippen LogP contribution in [0.4, 0.5) is 5.69 Å². The summed E-state index contributed by atoms with van der Waals surface area (Å²) in [4.78, 5) is 38.7. The number of hydrogen-bond donors (Lipinski definition) is 2. The van der Waals surface area contributed by atoms with E-state index in [1.54, 1.807) is 48.5 Å². The second-order valence-electron chi connectivity index (χ2n) is 7.88. The van der Waals surface area contributed by atoms with Crippen LogP contribution in [0.5, 0.6) is 0 Å². The Bertz CT molecular complexity index is 1500. The Morgan fingerprint density at radius 2 is 1.42 bits per heavy atom. The Labute approximate surface area is 223 Å². The molecule has 1 atom stereocenters. The maximum absolute atomic E-state index is 13.2. The average Bonchev–Trinajstić information content (AvgIpc) is 3.09. The van der Waals surface area contributed by atoms with E-state index in [-0.39, 0.29) is 21.9 Å². The van der Waals surface area contributed by atoms with Gasteiger partial charge in [0, 0.05) is 27.1 Å². The average molecular weight is 634 g/mol. The molecule has 1 aliphatic rings. The molecule has 0 bridgehead atoms. The smallest absolute Gasteiger partial charge is 0.300 e. The van der Waals surface area contributed by atoms with Gasteiger partial charge in [-0.05, 0) is 54.1 Å². The monoisotopic (exact) mass is 632 g/mol. The first kappa shape index (κ1) is 25.8. The van der Waals surface area contributed by atoms with E-state index in [0.29, 0.717) is 11.1 Å². The molecule has 1 saturated heterocycles. The number of sulfonamides is 1. The summed E-state index contributed by atoms with van der Waals surface area (Å²) < 4.78 is 28.1. The van der Waals surface area contributed by atoms with Crippen LogP contribution < -0.4 is 9.62 Å². The van der Waals surface area contributed by atoms with E-state index in [0.717, 1.165) is 15.9 Å². The van der Waals surface area contributed by atoms with Crippen molar-refractivity contribution in [2.75, 3.05) is 4.90 Å². The second-order valence-corrected chi connectivity index (χ2v) is 11.4. The van der Waals surface area contributed by atoms with E-state index in [1.807, 2.05) is 4.72 Å². The van der Waals surface area contributed by atoms with Gasteiger partial charge in [-0.25, -0.2) is 13.1 Å². The molecule has 8 nitrogen and oxygen atoms in total. The summed E-state index contributed by atoms with van der Waals surface area (Å²) in [6, 6.07) is 17.8. The number of aliphatic hydroxyl groups is 1. The van der Waals surface area contributed by atoms with E-state index in [2.05, 4.69) is 31.9 Å². The van der Waals surface area contributed by atoms with Crippen LogP contribution in [-0.2, 0) is 24.4 Å². The number of ketones is 1. The van der Waals surface area contributed by atoms with E-state index in [9.17, 15) is 27.9 Å². The van der Waals surface area contributed by atoms with Crippen LogP contribution in [0.15, 0.2) is 92.2 Å². The number of carbonyl (C=O) groups is 3. The zero-order valence-corrected chi connectivity index (χ0v) is 22.6. The van der Waals surface area contributed by atoms with Crippen LogP contribution in [0.3, 0.4) is 0 Å². The van der Waals surface area contributed by atoms with E-state index >= 15 is 0 Å². The lowest BCUT2D eigenvalue weighted by molar-refractivity contribution is -0.132. The van der Waals surface area contributed by atoms with Crippen LogP contribution >= 0.6 is 31.9 Å². The lowest BCUT2D eigenvalue weighted by Gasteiger charge is -2.25. The maximum atomic E-state index is 13.2. The van der Waals surface area contributed by atoms with Gasteiger partial charge in [0.1, 0.15) is 5.76 Å². The lowest BCUT2D eigenvalue weighted by atomic mass is 9.95. The van der Waals surface area contributed by atoms with Gasteiger partial charge in [0.25, 0.3) is 21.7 Å². The number of Topliss-reactive ketones (excluding diaryl/α,β-unsaturated/α-hetero) is 1. The Kier molecular flexibility index (Phi) is 7.17. The molecule has 3 aromatic carbocycles. The van der Waals surface area contributed by atoms with Crippen molar-refractivity contribution in [3.8, 4) is 0 Å². The number of halogens is 2. The molecule has 0 saturated carbocycles. The number of amides is 2. The molecule has 2 N–H and O–H groups in total. The highest BCUT2D eigenvalue weighted by molar-refractivity contribution is 9.10. The Morgan fingerprint density at radius 3 is 1.94 bits per heavy atom. The van der Waals surface area contributed by atoms with Crippen LogP contribution in [0.2, 0.25) is 0 Å². The van der Waals surface area contributed by atoms with Crippen molar-refractivity contribution in [2.45, 2.75) is 17.9 Å². The zero-order chi connectivity index (χ0) is 26.2. The fourth-order valence-electron chi connectivity index (χ4n) is 3.86. The predicted molar refractivity (Wildman–Crippen MR) is 141 cm³/mol. The van der Waals surface area contributed by atoms with Crippen LogP contribution in [0, 0.1) is 0 Å². The molecule has 0 radical (unpaired) electrons. The van der Waals surface area contributed by atoms with Crippen molar-refractivity contribution in [1.29, 1.82) is 0 Å². The second kappa shape index (κ2) is 10.00. The standard InChI is InChI=1S/C25H18Br2N2O6S/c1-14(30)28-36(34,35)20-12-10-19(11-13-20)29-22(15-2-6-17(26)7-3-15)21(24(32)25(29)33)23(31)16-4-8-18(27)9-5-16/h2-13,22,31H,1H3,(H,28,30). The maximum Gasteiger partial charge on any atom is 0.300 e. The Morgan fingerprint density at radius 1 is 0.889 bits per heavy atom. The highest BCUT2D eigenvalue weighted by Gasteiger charge is 2.47. The third kappa shape index (κ3) is 4.99. The summed E-state index contributed by atoms with van der Waals surface area (Å²) in [6.07, 6.45) is 0. The van der Waals surface area contributed by atoms with Gasteiger partial charge in [0.05, 0.1) is 16.5 Å². The Hall–Kier alpha value is -3.28. The first-order chi connectivity index (χ1) is 17.0. The fourth-order valence-corrected chi connectivity index (χ4v) is 5.38. The van der Waals surface area contributed by atoms with E-state index < -0.39 is 33.7 Å². The summed E-state index contributed by atoms with van der Waals surface area (Å²) in [5.74, 6) is -2.83. The van der Waals surface area contributed by atoms with E-state index in [4.69, 9.17) is 0 Å². The number of hydrogen-bond acceptors (Lipinski definition) is 6. The molecular formula is C25H18Br2N2O6S. The largest absolute Gasteiger partial charge is 0.507 e. The van der Waals surface area contributed by atoms with Crippen molar-refractivity contribution in [3.63, 3.8) is 0 Å². The lowest BCUT2D eigenvalue weighted by Crippen LogP contribution is -2.30. The highest BCUT2D eigenvalue weighted by Crippen LogP contribution is 2.42. The molecule has 0 spiro atoms. The molecule has 36 heavy (non-hydrogen) atoms. The molecular weight excluding hydrogens is 616 g/mol. The van der Waals surface area contributed by atoms with Crippen molar-refractivity contribution in [3.05, 3.63) is 98.4 Å². The number of rotatable bonds is 5. The van der Waals surface area contributed by atoms with Gasteiger partial charge in [-0.3, -0.25) is 19.3 Å². The molecule has 1 unspecified atom stereocenters. The summed E-state index contributed by atoms with van der Waals surface area (Å²) in [6.45, 7) is 1.08. The number of aliphatic hydroxyl groups excluding tert-OH is 1. The molecule has 1 fully saturated rings. The molecule has 184 valence electrons. The minimum absolute atomic E-state index is 0.0976. The number of benzene rings is 3. The van der Waals surface area contributed by atoms with Crippen molar-refractivity contribution >= 4 is 70.9 Å². The number of carbonyl (C=O) groups excluding carboxylic acids is 3. The molecule has 0 aliphatic carbocycles. The quantitative estimate of drug-likeness (QED) is 0.239. The Balaban J connectivity index is 1.86. The minimum Gasteiger partial charge on any atom is -0.507 e. The fraction of sp³-hybridized carbons (Fsp3) is 0.0800. The first-order valence-corrected chi connectivity index (χ1v) is 13.5. The third-order valence-electron chi connectivity index (χ3n) is 5.45. The normalized spacial score (nSPS) is 17.3. The van der Waals surface area contributed by atoms with Gasteiger partial charge in [0.2, 0.25) is 5.91 Å². The summed E-state index contributed by atoms with van der Waals surface area (Å²) in [5.41, 5.74) is 1.06. The SMILES string of the molecule is CC(=O)NS(=O)(=O)c1ccc(N2C(=O)C(=O)C(=C(O)c3ccc(Br)cc3)C2c2ccc(Br)cc2)cc1. The molecule has 11 heteroatoms. The predicted octanol–water partition coefficient (Wildman–Crippen LogP) is 4.66. The van der Waals surface area contributed by atoms with Gasteiger partial charge < -0.3 is 5.11 Å². The van der Waals surface area contributed by atoms with Gasteiger partial charge in [-0.1, -0.05) is 56.1 Å².